The molecule has 2 heterocycles. The molecule has 1 fully saturated rings. The van der Waals surface area contributed by atoms with E-state index in [1.165, 1.54) is 5.69 Å². The molecule has 1 aromatic heterocycles. The van der Waals surface area contributed by atoms with E-state index in [0.717, 1.165) is 32.0 Å². The van der Waals surface area contributed by atoms with Crippen LogP contribution in [0.1, 0.15) is 13.8 Å². The van der Waals surface area contributed by atoms with Gasteiger partial charge in [0, 0.05) is 37.9 Å². The van der Waals surface area contributed by atoms with Crippen molar-refractivity contribution in [1.29, 1.82) is 0 Å². The summed E-state index contributed by atoms with van der Waals surface area (Å²) in [6, 6.07) is 10.8. The zero-order valence-corrected chi connectivity index (χ0v) is 13.1. The molecule has 0 atom stereocenters. The lowest BCUT2D eigenvalue weighted by Gasteiger charge is -2.36. The van der Waals surface area contributed by atoms with Gasteiger partial charge in [-0.3, -0.25) is 0 Å². The van der Waals surface area contributed by atoms with E-state index in [0.29, 0.717) is 12.0 Å². The topological polar surface area (TPSA) is 57.2 Å². The molecule has 3 rings (SSSR count). The van der Waals surface area contributed by atoms with E-state index in [1.807, 2.05) is 0 Å². The molecule has 1 aromatic carbocycles. The Kier molecular flexibility index (Phi) is 4.37. The molecule has 1 saturated heterocycles. The number of para-hydroxylation sites is 1. The molecule has 1 N–H and O–H groups in total. The minimum atomic E-state index is 0.298. The average Bonchev–Trinajstić information content (AvgIpc) is 2.55. The Balaban J connectivity index is 1.64. The smallest absolute Gasteiger partial charge is 0.244 e. The van der Waals surface area contributed by atoms with Crippen molar-refractivity contribution in [3.63, 3.8) is 0 Å². The van der Waals surface area contributed by atoms with Crippen LogP contribution in [0.2, 0.25) is 0 Å². The molecule has 0 radical (unpaired) electrons. The number of nitrogens with zero attached hydrogens (tertiary/aromatic N) is 5. The van der Waals surface area contributed by atoms with Gasteiger partial charge in [0.1, 0.15) is 0 Å². The van der Waals surface area contributed by atoms with Gasteiger partial charge in [0.05, 0.1) is 6.20 Å². The lowest BCUT2D eigenvalue weighted by Crippen LogP contribution is -2.47. The van der Waals surface area contributed by atoms with E-state index in [2.05, 4.69) is 74.5 Å². The second kappa shape index (κ2) is 6.60. The van der Waals surface area contributed by atoms with Crippen molar-refractivity contribution in [2.24, 2.45) is 0 Å². The number of rotatable bonds is 4. The molecule has 0 aliphatic carbocycles. The fraction of sp³-hybridized carbons (Fsp3) is 0.438. The van der Waals surface area contributed by atoms with Crippen molar-refractivity contribution in [3.05, 3.63) is 36.5 Å². The van der Waals surface area contributed by atoms with Crippen molar-refractivity contribution >= 4 is 17.5 Å². The van der Waals surface area contributed by atoms with Gasteiger partial charge in [-0.2, -0.15) is 10.1 Å². The monoisotopic (exact) mass is 298 g/mol. The number of hydrogen-bond acceptors (Lipinski definition) is 6. The molecule has 0 saturated carbocycles. The number of hydrogen-bond donors (Lipinski definition) is 1. The quantitative estimate of drug-likeness (QED) is 0.932. The van der Waals surface area contributed by atoms with Gasteiger partial charge in [-0.25, -0.2) is 0 Å². The van der Waals surface area contributed by atoms with Crippen LogP contribution in [0.25, 0.3) is 0 Å². The number of aromatic nitrogens is 3. The Hall–Kier alpha value is -2.37. The van der Waals surface area contributed by atoms with Gasteiger partial charge in [-0.15, -0.1) is 5.10 Å². The van der Waals surface area contributed by atoms with E-state index in [4.69, 9.17) is 0 Å². The van der Waals surface area contributed by atoms with E-state index < -0.39 is 0 Å². The van der Waals surface area contributed by atoms with Gasteiger partial charge < -0.3 is 15.1 Å². The van der Waals surface area contributed by atoms with Crippen molar-refractivity contribution in [2.75, 3.05) is 41.3 Å². The number of nitrogens with one attached hydrogen (secondary N) is 1. The maximum Gasteiger partial charge on any atom is 0.244 e. The predicted octanol–water partition coefficient (Wildman–Crippen LogP) is 2.02. The molecular formula is C16H22N6. The summed E-state index contributed by atoms with van der Waals surface area (Å²) < 4.78 is 0. The Morgan fingerprint density at radius 3 is 2.36 bits per heavy atom. The summed E-state index contributed by atoms with van der Waals surface area (Å²) in [6.45, 7) is 7.98. The van der Waals surface area contributed by atoms with Crippen LogP contribution in [0, 0.1) is 0 Å². The van der Waals surface area contributed by atoms with Crippen LogP contribution in [-0.2, 0) is 0 Å². The summed E-state index contributed by atoms with van der Waals surface area (Å²) in [6.07, 6.45) is 1.74. The van der Waals surface area contributed by atoms with E-state index >= 15 is 0 Å². The van der Waals surface area contributed by atoms with Gasteiger partial charge in [0.15, 0.2) is 5.82 Å². The Bertz CT molecular complexity index is 593. The summed E-state index contributed by atoms with van der Waals surface area (Å²) in [5.41, 5.74) is 1.28. The third-order valence-corrected chi connectivity index (χ3v) is 3.69. The molecule has 2 aromatic rings. The minimum Gasteiger partial charge on any atom is -0.368 e. The van der Waals surface area contributed by atoms with Crippen LogP contribution in [0.15, 0.2) is 36.5 Å². The number of benzene rings is 1. The Morgan fingerprint density at radius 1 is 1.00 bits per heavy atom. The zero-order chi connectivity index (χ0) is 15.4. The largest absolute Gasteiger partial charge is 0.368 e. The van der Waals surface area contributed by atoms with Crippen molar-refractivity contribution in [3.8, 4) is 0 Å². The Morgan fingerprint density at radius 2 is 1.68 bits per heavy atom. The molecule has 0 bridgehead atoms. The maximum absolute atomic E-state index is 4.56. The van der Waals surface area contributed by atoms with E-state index in [-0.39, 0.29) is 0 Å². The minimum absolute atomic E-state index is 0.298. The lowest BCUT2D eigenvalue weighted by atomic mass is 10.2. The molecule has 116 valence electrons. The summed E-state index contributed by atoms with van der Waals surface area (Å²) in [7, 11) is 0. The fourth-order valence-corrected chi connectivity index (χ4v) is 2.60. The first kappa shape index (κ1) is 14.6. The molecule has 1 aliphatic rings. The van der Waals surface area contributed by atoms with Gasteiger partial charge >= 0.3 is 0 Å². The van der Waals surface area contributed by atoms with Crippen molar-refractivity contribution < 1.29 is 0 Å². The van der Waals surface area contributed by atoms with Gasteiger partial charge in [-0.1, -0.05) is 18.2 Å². The van der Waals surface area contributed by atoms with Gasteiger partial charge in [0.2, 0.25) is 5.95 Å². The van der Waals surface area contributed by atoms with Crippen LogP contribution < -0.4 is 15.1 Å². The molecule has 0 amide bonds. The molecule has 22 heavy (non-hydrogen) atoms. The van der Waals surface area contributed by atoms with Crippen molar-refractivity contribution in [1.82, 2.24) is 15.2 Å². The summed E-state index contributed by atoms with van der Waals surface area (Å²) in [5, 5.41) is 11.3. The molecule has 6 nitrogen and oxygen atoms in total. The molecule has 0 spiro atoms. The first-order valence-electron chi connectivity index (χ1n) is 7.73. The number of piperazine rings is 1. The SMILES string of the molecule is CC(C)Nc1nncc(N2CCN(c3ccccc3)CC2)n1. The first-order chi connectivity index (χ1) is 10.7. The summed E-state index contributed by atoms with van der Waals surface area (Å²) in [5.74, 6) is 1.49. The second-order valence-corrected chi connectivity index (χ2v) is 5.75. The highest BCUT2D eigenvalue weighted by Crippen LogP contribution is 2.18. The summed E-state index contributed by atoms with van der Waals surface area (Å²) in [4.78, 5) is 9.22. The van der Waals surface area contributed by atoms with Crippen LogP contribution in [0.3, 0.4) is 0 Å². The standard InChI is InChI=1S/C16H22N6/c1-13(2)18-16-19-15(12-17-20-16)22-10-8-21(9-11-22)14-6-4-3-5-7-14/h3-7,12-13H,8-11H2,1-2H3,(H,18,19,20). The zero-order valence-electron chi connectivity index (χ0n) is 13.1. The molecule has 0 unspecified atom stereocenters. The molecular weight excluding hydrogens is 276 g/mol. The normalized spacial score (nSPS) is 15.2. The second-order valence-electron chi connectivity index (χ2n) is 5.75. The lowest BCUT2D eigenvalue weighted by molar-refractivity contribution is 0.644. The van der Waals surface area contributed by atoms with Crippen LogP contribution in [0.4, 0.5) is 17.5 Å². The van der Waals surface area contributed by atoms with Crippen LogP contribution in [-0.4, -0.2) is 47.4 Å². The number of anilines is 3. The third kappa shape index (κ3) is 3.44. The highest BCUT2D eigenvalue weighted by molar-refractivity contribution is 5.49. The highest BCUT2D eigenvalue weighted by atomic mass is 15.3. The van der Waals surface area contributed by atoms with Crippen LogP contribution >= 0.6 is 0 Å². The summed E-state index contributed by atoms with van der Waals surface area (Å²) >= 11 is 0. The van der Waals surface area contributed by atoms with Gasteiger partial charge in [0.25, 0.3) is 0 Å². The Labute approximate surface area is 131 Å². The predicted molar refractivity (Wildman–Crippen MR) is 89.5 cm³/mol. The van der Waals surface area contributed by atoms with Crippen molar-refractivity contribution in [2.45, 2.75) is 19.9 Å². The average molecular weight is 298 g/mol. The maximum atomic E-state index is 4.56. The first-order valence-corrected chi connectivity index (χ1v) is 7.73. The van der Waals surface area contributed by atoms with Crippen LogP contribution in [0.5, 0.6) is 0 Å². The molecule has 1 aliphatic heterocycles. The fourth-order valence-electron chi connectivity index (χ4n) is 2.60. The van der Waals surface area contributed by atoms with Gasteiger partial charge in [-0.05, 0) is 26.0 Å². The van der Waals surface area contributed by atoms with E-state index in [9.17, 15) is 0 Å². The highest BCUT2D eigenvalue weighted by Gasteiger charge is 2.19. The molecule has 6 heteroatoms. The third-order valence-electron chi connectivity index (χ3n) is 3.69. The van der Waals surface area contributed by atoms with E-state index in [1.54, 1.807) is 6.20 Å².